The lowest BCUT2D eigenvalue weighted by Gasteiger charge is -2.12. The first kappa shape index (κ1) is 23.7. The van der Waals surface area contributed by atoms with Gasteiger partial charge in [0.05, 0.1) is 19.7 Å². The Hall–Kier alpha value is -3.08. The lowest BCUT2D eigenvalue weighted by molar-refractivity contribution is 0.354. The first-order valence-corrected chi connectivity index (χ1v) is 12.9. The first-order valence-electron chi connectivity index (χ1n) is 10.6. The third-order valence-electron chi connectivity index (χ3n) is 5.63. The van der Waals surface area contributed by atoms with E-state index in [2.05, 4.69) is 10.2 Å². The van der Waals surface area contributed by atoms with Crippen molar-refractivity contribution in [3.63, 3.8) is 0 Å². The second-order valence-electron chi connectivity index (χ2n) is 7.67. The van der Waals surface area contributed by atoms with E-state index in [1.54, 1.807) is 24.9 Å². The number of halogens is 2. The van der Waals surface area contributed by atoms with Crippen LogP contribution in [0.15, 0.2) is 57.8 Å². The summed E-state index contributed by atoms with van der Waals surface area (Å²) in [6.07, 6.45) is 0.591. The van der Waals surface area contributed by atoms with Gasteiger partial charge in [-0.15, -0.1) is 21.5 Å². The van der Waals surface area contributed by atoms with Gasteiger partial charge in [-0.3, -0.25) is 13.8 Å². The Kier molecular flexibility index (Phi) is 6.68. The maximum Gasteiger partial charge on any atom is 0.272 e. The molecule has 5 rings (SSSR count). The van der Waals surface area contributed by atoms with Crippen molar-refractivity contribution in [1.82, 2.24) is 19.2 Å². The van der Waals surface area contributed by atoms with Gasteiger partial charge in [0.2, 0.25) is 5.78 Å². The van der Waals surface area contributed by atoms with Crippen molar-refractivity contribution in [1.29, 1.82) is 0 Å². The van der Waals surface area contributed by atoms with Crippen molar-refractivity contribution >= 4 is 50.7 Å². The highest BCUT2D eigenvalue weighted by atomic mass is 35.5. The highest BCUT2D eigenvalue weighted by Crippen LogP contribution is 2.30. The summed E-state index contributed by atoms with van der Waals surface area (Å²) in [7, 11) is 3.18. The molecule has 0 aliphatic carbocycles. The Morgan fingerprint density at radius 2 is 1.91 bits per heavy atom. The van der Waals surface area contributed by atoms with Crippen LogP contribution < -0.4 is 15.0 Å². The summed E-state index contributed by atoms with van der Waals surface area (Å²) in [6.45, 7) is 0.415. The Bertz CT molecular complexity index is 1600. The zero-order chi connectivity index (χ0) is 24.5. The van der Waals surface area contributed by atoms with Crippen molar-refractivity contribution in [3.05, 3.63) is 80.2 Å². The number of aryl methyl sites for hydroxylation is 2. The maximum absolute atomic E-state index is 13.4. The minimum atomic E-state index is -0.379. The predicted molar refractivity (Wildman–Crippen MR) is 137 cm³/mol. The summed E-state index contributed by atoms with van der Waals surface area (Å²) in [5.41, 5.74) is 2.45. The number of rotatable bonds is 8. The van der Waals surface area contributed by atoms with Crippen LogP contribution in [0.3, 0.4) is 0 Å². The van der Waals surface area contributed by atoms with E-state index < -0.39 is 0 Å². The van der Waals surface area contributed by atoms with Crippen LogP contribution in [0, 0.1) is 5.82 Å². The first-order chi connectivity index (χ1) is 17.0. The summed E-state index contributed by atoms with van der Waals surface area (Å²) in [5, 5.41) is 11.6. The van der Waals surface area contributed by atoms with Gasteiger partial charge in [-0.2, -0.15) is 0 Å². The van der Waals surface area contributed by atoms with E-state index in [1.807, 2.05) is 34.0 Å². The molecule has 0 atom stereocenters. The number of nitrogens with zero attached hydrogens (tertiary/aromatic N) is 4. The standard InChI is InChI=1S/C24H20ClFN4O3S2/c1-32-19-6-3-14(11-20(19)33-2)7-9-29-22(31)21-18(8-10-34-21)30-23(29)27-28-24(30)35-13-15-4-5-16(26)12-17(15)25/h3-6,8,10-12H,7,9,13H2,1-2H3. The van der Waals surface area contributed by atoms with Crippen molar-refractivity contribution < 1.29 is 13.9 Å². The molecule has 0 amide bonds. The van der Waals surface area contributed by atoms with Crippen molar-refractivity contribution in [3.8, 4) is 11.5 Å². The smallest absolute Gasteiger partial charge is 0.272 e. The van der Waals surface area contributed by atoms with E-state index in [1.165, 1.54) is 35.2 Å². The van der Waals surface area contributed by atoms with Gasteiger partial charge in [0.25, 0.3) is 5.56 Å². The molecule has 0 fully saturated rings. The number of hydrogen-bond acceptors (Lipinski definition) is 7. The average Bonchev–Trinajstić information content (AvgIpc) is 3.50. The van der Waals surface area contributed by atoms with E-state index >= 15 is 0 Å². The molecule has 3 heterocycles. The van der Waals surface area contributed by atoms with Gasteiger partial charge in [-0.25, -0.2) is 4.39 Å². The monoisotopic (exact) mass is 530 g/mol. The third kappa shape index (κ3) is 4.49. The van der Waals surface area contributed by atoms with Crippen molar-refractivity contribution in [2.45, 2.75) is 23.9 Å². The lowest BCUT2D eigenvalue weighted by Crippen LogP contribution is -2.23. The molecule has 7 nitrogen and oxygen atoms in total. The van der Waals surface area contributed by atoms with Gasteiger partial charge in [0.1, 0.15) is 10.5 Å². The van der Waals surface area contributed by atoms with Crippen LogP contribution in [0.5, 0.6) is 11.5 Å². The number of ether oxygens (including phenoxy) is 2. The molecule has 0 spiro atoms. The topological polar surface area (TPSA) is 70.7 Å². The van der Waals surface area contributed by atoms with Crippen LogP contribution in [0.1, 0.15) is 11.1 Å². The fourth-order valence-corrected chi connectivity index (χ4v) is 5.93. The minimum Gasteiger partial charge on any atom is -0.493 e. The van der Waals surface area contributed by atoms with Crippen LogP contribution in [0.2, 0.25) is 5.02 Å². The third-order valence-corrected chi connectivity index (χ3v) is 7.85. The molecule has 35 heavy (non-hydrogen) atoms. The minimum absolute atomic E-state index is 0.103. The fourth-order valence-electron chi connectivity index (χ4n) is 3.85. The van der Waals surface area contributed by atoms with Crippen LogP contribution in [-0.4, -0.2) is 33.4 Å². The molecule has 0 bridgehead atoms. The molecule has 2 aromatic carbocycles. The molecule has 0 aliphatic heterocycles. The number of benzene rings is 2. The van der Waals surface area contributed by atoms with E-state index in [0.29, 0.717) is 50.9 Å². The fraction of sp³-hybridized carbons (Fsp3) is 0.208. The van der Waals surface area contributed by atoms with Gasteiger partial charge >= 0.3 is 0 Å². The number of thiophene rings is 1. The lowest BCUT2D eigenvalue weighted by atomic mass is 10.1. The summed E-state index contributed by atoms with van der Waals surface area (Å²) in [5.74, 6) is 1.85. The average molecular weight is 531 g/mol. The summed E-state index contributed by atoms with van der Waals surface area (Å²) < 4.78 is 28.3. The molecule has 5 aromatic rings. The van der Waals surface area contributed by atoms with Crippen LogP contribution in [-0.2, 0) is 18.7 Å². The van der Waals surface area contributed by atoms with Crippen molar-refractivity contribution in [2.24, 2.45) is 0 Å². The highest BCUT2D eigenvalue weighted by Gasteiger charge is 2.18. The molecule has 0 unspecified atom stereocenters. The van der Waals surface area contributed by atoms with E-state index in [-0.39, 0.29) is 11.4 Å². The summed E-state index contributed by atoms with van der Waals surface area (Å²) in [4.78, 5) is 13.3. The second kappa shape index (κ2) is 9.88. The number of methoxy groups -OCH3 is 2. The Morgan fingerprint density at radius 3 is 2.69 bits per heavy atom. The zero-order valence-corrected chi connectivity index (χ0v) is 21.2. The van der Waals surface area contributed by atoms with Gasteiger partial charge in [-0.05, 0) is 53.3 Å². The zero-order valence-electron chi connectivity index (χ0n) is 18.8. The summed E-state index contributed by atoms with van der Waals surface area (Å²) in [6, 6.07) is 11.9. The molecule has 11 heteroatoms. The normalized spacial score (nSPS) is 11.4. The van der Waals surface area contributed by atoms with E-state index in [9.17, 15) is 9.18 Å². The second-order valence-corrected chi connectivity index (χ2v) is 9.94. The molecule has 0 saturated carbocycles. The largest absolute Gasteiger partial charge is 0.493 e. The van der Waals surface area contributed by atoms with Gasteiger partial charge in [0, 0.05) is 17.3 Å². The molecular formula is C24H20ClFN4O3S2. The van der Waals surface area contributed by atoms with E-state index in [0.717, 1.165) is 16.6 Å². The molecule has 0 radical (unpaired) electrons. The van der Waals surface area contributed by atoms with Gasteiger partial charge < -0.3 is 9.47 Å². The van der Waals surface area contributed by atoms with Crippen LogP contribution in [0.4, 0.5) is 4.39 Å². The quantitative estimate of drug-likeness (QED) is 0.248. The number of hydrogen-bond donors (Lipinski definition) is 0. The molecule has 0 N–H and O–H groups in total. The number of aromatic nitrogens is 4. The Labute approximate surface area is 213 Å². The Balaban J connectivity index is 1.49. The molecule has 3 aromatic heterocycles. The molecule has 0 aliphatic rings. The Morgan fingerprint density at radius 1 is 1.09 bits per heavy atom. The molecule has 180 valence electrons. The number of fused-ring (bicyclic) bond motifs is 3. The predicted octanol–water partition coefficient (Wildman–Crippen LogP) is 5.45. The van der Waals surface area contributed by atoms with Gasteiger partial charge in [-0.1, -0.05) is 35.5 Å². The van der Waals surface area contributed by atoms with Crippen molar-refractivity contribution in [2.75, 3.05) is 14.2 Å². The maximum atomic E-state index is 13.4. The SMILES string of the molecule is COc1ccc(CCn2c(=O)c3sccc3n3c(SCc4ccc(F)cc4Cl)nnc23)cc1OC. The van der Waals surface area contributed by atoms with Gasteiger partial charge in [0.15, 0.2) is 16.7 Å². The van der Waals surface area contributed by atoms with Crippen LogP contribution >= 0.6 is 34.7 Å². The highest BCUT2D eigenvalue weighted by molar-refractivity contribution is 7.98. The molecular weight excluding hydrogens is 511 g/mol. The summed E-state index contributed by atoms with van der Waals surface area (Å²) >= 11 is 9.01. The molecule has 0 saturated heterocycles. The van der Waals surface area contributed by atoms with Crippen LogP contribution in [0.25, 0.3) is 16.0 Å². The number of thioether (sulfide) groups is 1. The van der Waals surface area contributed by atoms with E-state index in [4.69, 9.17) is 21.1 Å².